The Morgan fingerprint density at radius 3 is 2.74 bits per heavy atom. The number of Topliss-reactive ketones (excluding diaryl/α,β-unsaturated/α-hetero) is 1. The van der Waals surface area contributed by atoms with Crippen LogP contribution < -0.4 is 10.5 Å². The summed E-state index contributed by atoms with van der Waals surface area (Å²) in [6, 6.07) is 6.89. The Balaban J connectivity index is 1.65. The number of carbonyl (C=O) groups is 1. The first-order chi connectivity index (χ1) is 16.2. The summed E-state index contributed by atoms with van der Waals surface area (Å²) in [4.78, 5) is 16.1. The van der Waals surface area contributed by atoms with E-state index < -0.39 is 15.9 Å². The second-order valence-corrected chi connectivity index (χ2v) is 10.4. The van der Waals surface area contributed by atoms with Crippen LogP contribution in [0.2, 0.25) is 0 Å². The summed E-state index contributed by atoms with van der Waals surface area (Å²) in [5.74, 6) is 0.351. The zero-order valence-corrected chi connectivity index (χ0v) is 20.1. The van der Waals surface area contributed by atoms with Gasteiger partial charge in [0.2, 0.25) is 0 Å². The number of benzene rings is 1. The largest absolute Gasteiger partial charge is 0.508 e. The standard InChI is InChI=1S/C24H30N4O5S/c1-3-15(7-8-25)22-11-21(30)19(13-33-22)24(18-10-20(18)29)16-5-4-6-17(9-16)27-34(31,32)23-12-28(2)14-26-23/h4-6,9,11-12,14-15,18,24,27,30H,3,7-8,10,13,25H2,1-2H3. The minimum atomic E-state index is -3.87. The van der Waals surface area contributed by atoms with Crippen LogP contribution in [0.15, 0.2) is 65.0 Å². The van der Waals surface area contributed by atoms with Crippen LogP contribution >= 0.6 is 0 Å². The molecule has 182 valence electrons. The number of hydrogen-bond donors (Lipinski definition) is 3. The van der Waals surface area contributed by atoms with Crippen LogP contribution in [0.5, 0.6) is 0 Å². The molecule has 2 aliphatic rings. The fraction of sp³-hybridized carbons (Fsp3) is 0.417. The van der Waals surface area contributed by atoms with E-state index in [4.69, 9.17) is 10.5 Å². The molecule has 1 aromatic heterocycles. The van der Waals surface area contributed by atoms with Crippen LogP contribution in [0.4, 0.5) is 5.69 Å². The number of nitrogens with two attached hydrogens (primary N) is 1. The third-order valence-electron chi connectivity index (χ3n) is 6.32. The van der Waals surface area contributed by atoms with Crippen molar-refractivity contribution >= 4 is 21.5 Å². The number of aliphatic hydroxyl groups excluding tert-OH is 1. The molecule has 1 saturated carbocycles. The Morgan fingerprint density at radius 2 is 2.15 bits per heavy atom. The highest BCUT2D eigenvalue weighted by molar-refractivity contribution is 7.92. The molecule has 4 N–H and O–H groups in total. The van der Waals surface area contributed by atoms with E-state index in [1.807, 2.05) is 13.0 Å². The van der Waals surface area contributed by atoms with Gasteiger partial charge in [-0.15, -0.1) is 0 Å². The number of aryl methyl sites for hydroxylation is 1. The van der Waals surface area contributed by atoms with Gasteiger partial charge < -0.3 is 20.1 Å². The number of anilines is 1. The highest BCUT2D eigenvalue weighted by Gasteiger charge is 2.45. The van der Waals surface area contributed by atoms with Gasteiger partial charge in [-0.3, -0.25) is 9.52 Å². The quantitative estimate of drug-likeness (QED) is 0.469. The molecule has 0 bridgehead atoms. The smallest absolute Gasteiger partial charge is 0.280 e. The van der Waals surface area contributed by atoms with E-state index in [1.165, 1.54) is 12.5 Å². The number of sulfonamides is 1. The molecule has 9 nitrogen and oxygen atoms in total. The Kier molecular flexibility index (Phi) is 6.81. The van der Waals surface area contributed by atoms with Gasteiger partial charge in [-0.1, -0.05) is 19.1 Å². The lowest BCUT2D eigenvalue weighted by atomic mass is 9.84. The SMILES string of the molecule is CCC(CCN)C1=CC(O)=C(C(c2cccc(NS(=O)(=O)c3cn(C)cn3)c2)C2CC2=O)CO1. The van der Waals surface area contributed by atoms with Crippen LogP contribution in [-0.2, 0) is 26.6 Å². The molecule has 1 fully saturated rings. The molecule has 4 rings (SSSR count). The van der Waals surface area contributed by atoms with Crippen molar-refractivity contribution < 1.29 is 23.1 Å². The minimum Gasteiger partial charge on any atom is -0.508 e. The van der Waals surface area contributed by atoms with E-state index in [0.717, 1.165) is 18.4 Å². The average Bonchev–Trinajstić information content (AvgIpc) is 3.32. The topological polar surface area (TPSA) is 137 Å². The summed E-state index contributed by atoms with van der Waals surface area (Å²) in [5, 5.41) is 10.8. The monoisotopic (exact) mass is 486 g/mol. The molecule has 1 aliphatic heterocycles. The predicted molar refractivity (Wildman–Crippen MR) is 127 cm³/mol. The predicted octanol–water partition coefficient (Wildman–Crippen LogP) is 2.99. The number of carbonyl (C=O) groups excluding carboxylic acids is 1. The third-order valence-corrected chi connectivity index (χ3v) is 7.59. The summed E-state index contributed by atoms with van der Waals surface area (Å²) < 4.78 is 35.5. The van der Waals surface area contributed by atoms with Crippen LogP contribution in [0.25, 0.3) is 0 Å². The van der Waals surface area contributed by atoms with Crippen molar-refractivity contribution in [3.05, 3.63) is 65.5 Å². The summed E-state index contributed by atoms with van der Waals surface area (Å²) in [6.45, 7) is 2.73. The van der Waals surface area contributed by atoms with E-state index >= 15 is 0 Å². The summed E-state index contributed by atoms with van der Waals surface area (Å²) in [5.41, 5.74) is 7.41. The fourth-order valence-electron chi connectivity index (χ4n) is 4.41. The maximum absolute atomic E-state index is 12.7. The van der Waals surface area contributed by atoms with Crippen LogP contribution in [0.3, 0.4) is 0 Å². The molecule has 0 radical (unpaired) electrons. The molecule has 2 aromatic rings. The van der Waals surface area contributed by atoms with Crippen molar-refractivity contribution in [2.24, 2.45) is 24.6 Å². The number of nitrogens with one attached hydrogen (secondary N) is 1. The van der Waals surface area contributed by atoms with Gasteiger partial charge in [-0.05, 0) is 37.1 Å². The second kappa shape index (κ2) is 9.63. The molecule has 1 aromatic carbocycles. The molecule has 0 saturated heterocycles. The first-order valence-corrected chi connectivity index (χ1v) is 12.8. The van der Waals surface area contributed by atoms with Crippen molar-refractivity contribution in [1.29, 1.82) is 0 Å². The maximum atomic E-state index is 12.7. The molecule has 10 heteroatoms. The first-order valence-electron chi connectivity index (χ1n) is 11.3. The van der Waals surface area contributed by atoms with Gasteiger partial charge in [-0.25, -0.2) is 4.98 Å². The van der Waals surface area contributed by atoms with Crippen molar-refractivity contribution in [3.8, 4) is 0 Å². The Bertz CT molecular complexity index is 1250. The Labute approximate surface area is 199 Å². The average molecular weight is 487 g/mol. The summed E-state index contributed by atoms with van der Waals surface area (Å²) >= 11 is 0. The summed E-state index contributed by atoms with van der Waals surface area (Å²) in [7, 11) is -2.18. The zero-order chi connectivity index (χ0) is 24.5. The summed E-state index contributed by atoms with van der Waals surface area (Å²) in [6.07, 6.45) is 6.47. The van der Waals surface area contributed by atoms with Gasteiger partial charge in [0.15, 0.2) is 5.03 Å². The number of rotatable bonds is 10. The normalized spacial score (nSPS) is 19.9. The number of hydrogen-bond acceptors (Lipinski definition) is 7. The van der Waals surface area contributed by atoms with E-state index in [0.29, 0.717) is 30.0 Å². The van der Waals surface area contributed by atoms with Crippen LogP contribution in [0.1, 0.15) is 37.7 Å². The van der Waals surface area contributed by atoms with Crippen LogP contribution in [-0.4, -0.2) is 42.0 Å². The van der Waals surface area contributed by atoms with Crippen molar-refractivity contribution in [2.45, 2.75) is 37.1 Å². The molecular formula is C24H30N4O5S. The van der Waals surface area contributed by atoms with E-state index in [9.17, 15) is 18.3 Å². The maximum Gasteiger partial charge on any atom is 0.280 e. The Hall–Kier alpha value is -3.11. The third kappa shape index (κ3) is 5.02. The lowest BCUT2D eigenvalue weighted by Gasteiger charge is -2.28. The van der Waals surface area contributed by atoms with E-state index in [-0.39, 0.29) is 35.0 Å². The second-order valence-electron chi connectivity index (χ2n) is 8.79. The minimum absolute atomic E-state index is 0.0871. The molecule has 0 spiro atoms. The van der Waals surface area contributed by atoms with Crippen molar-refractivity contribution in [3.63, 3.8) is 0 Å². The van der Waals surface area contributed by atoms with Gasteiger partial charge in [0.05, 0.1) is 6.33 Å². The lowest BCUT2D eigenvalue weighted by Crippen LogP contribution is -2.21. The number of allylic oxidation sites excluding steroid dienone is 2. The highest BCUT2D eigenvalue weighted by Crippen LogP contribution is 2.46. The van der Waals surface area contributed by atoms with Crippen LogP contribution in [0, 0.1) is 11.8 Å². The number of imidazole rings is 1. The van der Waals surface area contributed by atoms with Gasteiger partial charge in [-0.2, -0.15) is 8.42 Å². The van der Waals surface area contributed by atoms with Crippen molar-refractivity contribution in [1.82, 2.24) is 9.55 Å². The fourth-order valence-corrected chi connectivity index (χ4v) is 5.44. The molecule has 0 amide bonds. The number of ether oxygens (including phenoxy) is 1. The van der Waals surface area contributed by atoms with Gasteiger partial charge in [0.1, 0.15) is 23.9 Å². The number of aromatic nitrogens is 2. The van der Waals surface area contributed by atoms with Gasteiger partial charge in [0.25, 0.3) is 10.0 Å². The first kappa shape index (κ1) is 24.0. The molecule has 2 heterocycles. The Morgan fingerprint density at radius 1 is 1.38 bits per heavy atom. The molecule has 3 unspecified atom stereocenters. The number of nitrogens with zero attached hydrogens (tertiary/aromatic N) is 2. The zero-order valence-electron chi connectivity index (χ0n) is 19.3. The van der Waals surface area contributed by atoms with Gasteiger partial charge >= 0.3 is 0 Å². The lowest BCUT2D eigenvalue weighted by molar-refractivity contribution is -0.111. The molecular weight excluding hydrogens is 456 g/mol. The number of aliphatic hydroxyl groups is 1. The molecule has 34 heavy (non-hydrogen) atoms. The molecule has 3 atom stereocenters. The molecule has 1 aliphatic carbocycles. The van der Waals surface area contributed by atoms with Crippen molar-refractivity contribution in [2.75, 3.05) is 17.9 Å². The van der Waals surface area contributed by atoms with E-state index in [1.54, 1.807) is 35.9 Å². The number of ketones is 1. The van der Waals surface area contributed by atoms with E-state index in [2.05, 4.69) is 9.71 Å². The highest BCUT2D eigenvalue weighted by atomic mass is 32.2. The van der Waals surface area contributed by atoms with Gasteiger partial charge in [0, 0.05) is 54.8 Å².